The topological polar surface area (TPSA) is 12.5 Å². The van der Waals surface area contributed by atoms with Gasteiger partial charge in [-0.3, -0.25) is 0 Å². The molecule has 2 nitrogen and oxygen atoms in total. The number of benzene rings is 1. The van der Waals surface area contributed by atoms with Gasteiger partial charge < -0.3 is 9.64 Å². The van der Waals surface area contributed by atoms with Gasteiger partial charge in [0, 0.05) is 18.1 Å². The molecule has 0 aromatic heterocycles. The summed E-state index contributed by atoms with van der Waals surface area (Å²) in [6.45, 7) is 10.4. The van der Waals surface area contributed by atoms with Gasteiger partial charge in [0.25, 0.3) is 0 Å². The Bertz CT molecular complexity index is 427. The fourth-order valence-corrected chi connectivity index (χ4v) is 2.23. The minimum absolute atomic E-state index is 0.403. The molecule has 3 heteroatoms. The highest BCUT2D eigenvalue weighted by atomic mass is 35.5. The highest BCUT2D eigenvalue weighted by Gasteiger charge is 2.20. The summed E-state index contributed by atoms with van der Waals surface area (Å²) < 4.78 is 5.56. The molecule has 1 aromatic rings. The molecular formula is C14H22ClNO. The van der Waals surface area contributed by atoms with Crippen molar-refractivity contribution in [2.75, 3.05) is 19.1 Å². The molecule has 1 aromatic carbocycles. The second-order valence-corrected chi connectivity index (χ2v) is 5.15. The van der Waals surface area contributed by atoms with Crippen LogP contribution in [0.15, 0.2) is 0 Å². The van der Waals surface area contributed by atoms with E-state index >= 15 is 0 Å². The molecule has 17 heavy (non-hydrogen) atoms. The summed E-state index contributed by atoms with van der Waals surface area (Å²) in [6, 6.07) is 0.403. The molecule has 0 aliphatic rings. The number of hydrogen-bond acceptors (Lipinski definition) is 2. The first-order valence-corrected chi connectivity index (χ1v) is 6.26. The van der Waals surface area contributed by atoms with E-state index in [0.29, 0.717) is 6.04 Å². The highest BCUT2D eigenvalue weighted by Crippen LogP contribution is 2.41. The molecule has 0 fully saturated rings. The number of rotatable bonds is 3. The molecule has 0 amide bonds. The zero-order valence-electron chi connectivity index (χ0n) is 11.8. The lowest BCUT2D eigenvalue weighted by atomic mass is 10.0. The summed E-state index contributed by atoms with van der Waals surface area (Å²) in [7, 11) is 3.79. The molecule has 0 heterocycles. The van der Waals surface area contributed by atoms with Crippen LogP contribution in [0.4, 0.5) is 5.69 Å². The van der Waals surface area contributed by atoms with Gasteiger partial charge in [0.1, 0.15) is 5.75 Å². The van der Waals surface area contributed by atoms with Crippen LogP contribution < -0.4 is 9.64 Å². The van der Waals surface area contributed by atoms with Crippen molar-refractivity contribution in [3.8, 4) is 5.75 Å². The fraction of sp³-hybridized carbons (Fsp3) is 0.571. The quantitative estimate of drug-likeness (QED) is 0.806. The monoisotopic (exact) mass is 255 g/mol. The van der Waals surface area contributed by atoms with Crippen LogP contribution in [0.2, 0.25) is 5.02 Å². The fourth-order valence-electron chi connectivity index (χ4n) is 2.00. The first kappa shape index (κ1) is 14.2. The zero-order chi connectivity index (χ0) is 13.3. The number of methoxy groups -OCH3 is 1. The lowest BCUT2D eigenvalue weighted by molar-refractivity contribution is 0.410. The van der Waals surface area contributed by atoms with Crippen molar-refractivity contribution < 1.29 is 4.74 Å². The van der Waals surface area contributed by atoms with Gasteiger partial charge in [-0.05, 0) is 51.3 Å². The molecule has 0 saturated heterocycles. The molecule has 0 atom stereocenters. The number of ether oxygens (including phenoxy) is 1. The molecular weight excluding hydrogens is 234 g/mol. The average molecular weight is 256 g/mol. The van der Waals surface area contributed by atoms with Crippen LogP contribution in [0.3, 0.4) is 0 Å². The van der Waals surface area contributed by atoms with Crippen molar-refractivity contribution in [3.63, 3.8) is 0 Å². The molecule has 0 unspecified atom stereocenters. The standard InChI is InChI=1S/C14H22ClNO/c1-8(2)16(6)13-11(5)12(15)9(3)10(4)14(13)17-7/h8H,1-7H3. The van der Waals surface area contributed by atoms with Gasteiger partial charge in [-0.2, -0.15) is 0 Å². The molecule has 0 aliphatic carbocycles. The summed E-state index contributed by atoms with van der Waals surface area (Å²) >= 11 is 6.38. The Labute approximate surface area is 110 Å². The normalized spacial score (nSPS) is 10.9. The van der Waals surface area contributed by atoms with Crippen LogP contribution in [0.5, 0.6) is 5.75 Å². The molecule has 96 valence electrons. The van der Waals surface area contributed by atoms with Crippen LogP contribution in [0.1, 0.15) is 30.5 Å². The summed E-state index contributed by atoms with van der Waals surface area (Å²) in [5, 5.41) is 0.839. The molecule has 1 rings (SSSR count). The number of nitrogens with zero attached hydrogens (tertiary/aromatic N) is 1. The van der Waals surface area contributed by atoms with E-state index in [1.54, 1.807) is 7.11 Å². The minimum Gasteiger partial charge on any atom is -0.494 e. The van der Waals surface area contributed by atoms with Crippen molar-refractivity contribution in [2.24, 2.45) is 0 Å². The third-order valence-electron chi connectivity index (χ3n) is 3.46. The van der Waals surface area contributed by atoms with E-state index in [1.165, 1.54) is 0 Å². The van der Waals surface area contributed by atoms with Gasteiger partial charge in [-0.25, -0.2) is 0 Å². The number of anilines is 1. The SMILES string of the molecule is COc1c(C)c(C)c(Cl)c(C)c1N(C)C(C)C. The second-order valence-electron chi connectivity index (χ2n) is 4.78. The van der Waals surface area contributed by atoms with Crippen LogP contribution in [-0.2, 0) is 0 Å². The van der Waals surface area contributed by atoms with E-state index in [-0.39, 0.29) is 0 Å². The summed E-state index contributed by atoms with van der Waals surface area (Å²) in [4.78, 5) is 2.20. The lowest BCUT2D eigenvalue weighted by Crippen LogP contribution is -2.27. The highest BCUT2D eigenvalue weighted by molar-refractivity contribution is 6.32. The Morgan fingerprint density at radius 2 is 1.59 bits per heavy atom. The number of hydrogen-bond donors (Lipinski definition) is 0. The predicted molar refractivity (Wildman–Crippen MR) is 75.8 cm³/mol. The van der Waals surface area contributed by atoms with Gasteiger partial charge in [0.05, 0.1) is 12.8 Å². The Hall–Kier alpha value is -0.890. The third-order valence-corrected chi connectivity index (χ3v) is 4.03. The third kappa shape index (κ3) is 2.37. The van der Waals surface area contributed by atoms with Crippen molar-refractivity contribution in [3.05, 3.63) is 21.7 Å². The van der Waals surface area contributed by atoms with Crippen LogP contribution in [0.25, 0.3) is 0 Å². The maximum absolute atomic E-state index is 6.38. The van der Waals surface area contributed by atoms with Gasteiger partial charge >= 0.3 is 0 Å². The summed E-state index contributed by atoms with van der Waals surface area (Å²) in [5.41, 5.74) is 4.39. The largest absolute Gasteiger partial charge is 0.494 e. The molecule has 0 spiro atoms. The second kappa shape index (κ2) is 5.18. The Kier molecular flexibility index (Phi) is 4.31. The van der Waals surface area contributed by atoms with Crippen LogP contribution >= 0.6 is 11.6 Å². The van der Waals surface area contributed by atoms with Gasteiger partial charge in [0.15, 0.2) is 0 Å². The van der Waals surface area contributed by atoms with E-state index in [0.717, 1.165) is 33.1 Å². The van der Waals surface area contributed by atoms with Crippen molar-refractivity contribution in [1.29, 1.82) is 0 Å². The Morgan fingerprint density at radius 1 is 1.06 bits per heavy atom. The smallest absolute Gasteiger partial charge is 0.145 e. The zero-order valence-corrected chi connectivity index (χ0v) is 12.6. The molecule has 0 bridgehead atoms. The maximum atomic E-state index is 6.38. The average Bonchev–Trinajstić information content (AvgIpc) is 2.29. The van der Waals surface area contributed by atoms with E-state index in [2.05, 4.69) is 32.7 Å². The van der Waals surface area contributed by atoms with Crippen LogP contribution in [0, 0.1) is 20.8 Å². The van der Waals surface area contributed by atoms with E-state index < -0.39 is 0 Å². The first-order valence-electron chi connectivity index (χ1n) is 5.89. The molecule has 0 saturated carbocycles. The summed E-state index contributed by atoms with van der Waals surface area (Å²) in [5.74, 6) is 0.931. The minimum atomic E-state index is 0.403. The van der Waals surface area contributed by atoms with Gasteiger partial charge in [-0.15, -0.1) is 0 Å². The number of halogens is 1. The Balaban J connectivity index is 3.58. The molecule has 0 N–H and O–H groups in total. The first-order chi connectivity index (χ1) is 7.82. The summed E-state index contributed by atoms with van der Waals surface area (Å²) in [6.07, 6.45) is 0. The van der Waals surface area contributed by atoms with Crippen molar-refractivity contribution >= 4 is 17.3 Å². The lowest BCUT2D eigenvalue weighted by Gasteiger charge is -2.29. The van der Waals surface area contributed by atoms with Crippen molar-refractivity contribution in [1.82, 2.24) is 0 Å². The predicted octanol–water partition coefficient (Wildman–Crippen LogP) is 4.12. The van der Waals surface area contributed by atoms with Gasteiger partial charge in [-0.1, -0.05) is 11.6 Å². The van der Waals surface area contributed by atoms with Gasteiger partial charge in [0.2, 0.25) is 0 Å². The van der Waals surface area contributed by atoms with E-state index in [4.69, 9.17) is 16.3 Å². The molecule has 0 radical (unpaired) electrons. The van der Waals surface area contributed by atoms with E-state index in [9.17, 15) is 0 Å². The molecule has 0 aliphatic heterocycles. The maximum Gasteiger partial charge on any atom is 0.145 e. The van der Waals surface area contributed by atoms with Crippen molar-refractivity contribution in [2.45, 2.75) is 40.7 Å². The van der Waals surface area contributed by atoms with Crippen LogP contribution in [-0.4, -0.2) is 20.2 Å². The van der Waals surface area contributed by atoms with E-state index in [1.807, 2.05) is 13.8 Å². The Morgan fingerprint density at radius 3 is 2.00 bits per heavy atom.